The van der Waals surface area contributed by atoms with Crippen LogP contribution < -0.4 is 5.73 Å². The van der Waals surface area contributed by atoms with Crippen LogP contribution in [0.4, 0.5) is 0 Å². The highest BCUT2D eigenvalue weighted by Gasteiger charge is 2.22. The first-order valence-corrected chi connectivity index (χ1v) is 5.46. The molecule has 0 saturated carbocycles. The fourth-order valence-corrected chi connectivity index (χ4v) is 1.60. The second-order valence-electron chi connectivity index (χ2n) is 4.45. The number of rotatable bonds is 5. The lowest BCUT2D eigenvalue weighted by Crippen LogP contribution is -2.47. The lowest BCUT2D eigenvalue weighted by atomic mass is 10.0. The van der Waals surface area contributed by atoms with Gasteiger partial charge in [-0.1, -0.05) is 13.8 Å². The monoisotopic (exact) mass is 200 g/mol. The van der Waals surface area contributed by atoms with E-state index in [1.54, 1.807) is 0 Å². The Bertz CT molecular complexity index is 178. The van der Waals surface area contributed by atoms with E-state index in [-0.39, 0.29) is 18.0 Å². The maximum Gasteiger partial charge on any atom is 0.239 e. The van der Waals surface area contributed by atoms with Crippen molar-refractivity contribution in [2.45, 2.75) is 53.1 Å². The number of likely N-dealkylation sites (N-methyl/N-ethyl adjacent to an activating group) is 1. The van der Waals surface area contributed by atoms with Gasteiger partial charge in [0.1, 0.15) is 0 Å². The fraction of sp³-hybridized carbons (Fsp3) is 0.909. The van der Waals surface area contributed by atoms with Gasteiger partial charge in [0.25, 0.3) is 0 Å². The molecule has 0 radical (unpaired) electrons. The first-order chi connectivity index (χ1) is 6.40. The Balaban J connectivity index is 4.27. The summed E-state index contributed by atoms with van der Waals surface area (Å²) in [6.45, 7) is 10.9. The quantitative estimate of drug-likeness (QED) is 0.733. The van der Waals surface area contributed by atoms with Gasteiger partial charge in [0.05, 0.1) is 6.04 Å². The van der Waals surface area contributed by atoms with E-state index in [0.717, 1.165) is 13.0 Å². The highest BCUT2D eigenvalue weighted by atomic mass is 16.2. The smallest absolute Gasteiger partial charge is 0.239 e. The SMILES string of the molecule is CCN(C(=O)[C@H](N)CC(C)C)C(C)C. The first kappa shape index (κ1) is 13.4. The van der Waals surface area contributed by atoms with Gasteiger partial charge in [-0.05, 0) is 33.1 Å². The molecule has 0 aromatic rings. The maximum atomic E-state index is 11.9. The first-order valence-electron chi connectivity index (χ1n) is 5.46. The Hall–Kier alpha value is -0.570. The number of amides is 1. The number of nitrogens with two attached hydrogens (primary N) is 1. The molecule has 0 aliphatic rings. The van der Waals surface area contributed by atoms with Crippen molar-refractivity contribution in [2.75, 3.05) is 6.54 Å². The Morgan fingerprint density at radius 2 is 1.79 bits per heavy atom. The molecule has 84 valence electrons. The van der Waals surface area contributed by atoms with Crippen LogP contribution in [0, 0.1) is 5.92 Å². The van der Waals surface area contributed by atoms with Gasteiger partial charge >= 0.3 is 0 Å². The summed E-state index contributed by atoms with van der Waals surface area (Å²) in [5.74, 6) is 0.552. The highest BCUT2D eigenvalue weighted by Crippen LogP contribution is 2.07. The van der Waals surface area contributed by atoms with Gasteiger partial charge in [-0.3, -0.25) is 4.79 Å². The van der Waals surface area contributed by atoms with E-state index in [2.05, 4.69) is 13.8 Å². The lowest BCUT2D eigenvalue weighted by molar-refractivity contribution is -0.134. The van der Waals surface area contributed by atoms with Crippen LogP contribution in [0.15, 0.2) is 0 Å². The summed E-state index contributed by atoms with van der Waals surface area (Å²) >= 11 is 0. The molecule has 2 N–H and O–H groups in total. The Kier molecular flexibility index (Phi) is 5.77. The van der Waals surface area contributed by atoms with E-state index in [1.807, 2.05) is 25.7 Å². The molecule has 0 aromatic carbocycles. The summed E-state index contributed by atoms with van der Waals surface area (Å²) in [7, 11) is 0. The third-order valence-corrected chi connectivity index (χ3v) is 2.29. The predicted molar refractivity (Wildman–Crippen MR) is 60.0 cm³/mol. The molecular weight excluding hydrogens is 176 g/mol. The van der Waals surface area contributed by atoms with Gasteiger partial charge in [0.2, 0.25) is 5.91 Å². The largest absolute Gasteiger partial charge is 0.339 e. The van der Waals surface area contributed by atoms with Crippen molar-refractivity contribution in [3.8, 4) is 0 Å². The molecule has 0 aromatic heterocycles. The summed E-state index contributed by atoms with van der Waals surface area (Å²) < 4.78 is 0. The predicted octanol–water partition coefficient (Wildman–Crippen LogP) is 1.62. The molecule has 0 aliphatic carbocycles. The molecule has 0 unspecified atom stereocenters. The van der Waals surface area contributed by atoms with E-state index >= 15 is 0 Å². The zero-order valence-corrected chi connectivity index (χ0v) is 10.1. The van der Waals surface area contributed by atoms with Crippen LogP contribution in [0.5, 0.6) is 0 Å². The topological polar surface area (TPSA) is 46.3 Å². The molecule has 1 atom stereocenters. The summed E-state index contributed by atoms with van der Waals surface area (Å²) in [5, 5.41) is 0. The third-order valence-electron chi connectivity index (χ3n) is 2.29. The van der Waals surface area contributed by atoms with Gasteiger partial charge < -0.3 is 10.6 Å². The van der Waals surface area contributed by atoms with Crippen LogP contribution in [-0.2, 0) is 4.79 Å². The van der Waals surface area contributed by atoms with Crippen molar-refractivity contribution in [3.63, 3.8) is 0 Å². The van der Waals surface area contributed by atoms with Crippen LogP contribution in [0.2, 0.25) is 0 Å². The van der Waals surface area contributed by atoms with Crippen LogP contribution in [0.1, 0.15) is 41.0 Å². The van der Waals surface area contributed by atoms with E-state index in [4.69, 9.17) is 5.73 Å². The van der Waals surface area contributed by atoms with E-state index < -0.39 is 0 Å². The second kappa shape index (κ2) is 6.02. The molecule has 0 heterocycles. The van der Waals surface area contributed by atoms with Gasteiger partial charge in [-0.25, -0.2) is 0 Å². The van der Waals surface area contributed by atoms with Crippen molar-refractivity contribution in [1.82, 2.24) is 4.90 Å². The number of carbonyl (C=O) groups is 1. The molecule has 0 aliphatic heterocycles. The minimum Gasteiger partial charge on any atom is -0.339 e. The van der Waals surface area contributed by atoms with Crippen LogP contribution in [-0.4, -0.2) is 29.4 Å². The molecule has 3 heteroatoms. The molecular formula is C11H24N2O. The van der Waals surface area contributed by atoms with Gasteiger partial charge in [-0.2, -0.15) is 0 Å². The van der Waals surface area contributed by atoms with E-state index in [9.17, 15) is 4.79 Å². The van der Waals surface area contributed by atoms with Gasteiger partial charge in [0.15, 0.2) is 0 Å². The highest BCUT2D eigenvalue weighted by molar-refractivity contribution is 5.81. The Morgan fingerprint density at radius 3 is 2.07 bits per heavy atom. The van der Waals surface area contributed by atoms with Gasteiger partial charge in [0, 0.05) is 12.6 Å². The zero-order chi connectivity index (χ0) is 11.3. The van der Waals surface area contributed by atoms with Crippen molar-refractivity contribution >= 4 is 5.91 Å². The normalized spacial score (nSPS) is 13.4. The molecule has 0 rings (SSSR count). The van der Waals surface area contributed by atoms with Crippen molar-refractivity contribution in [1.29, 1.82) is 0 Å². The minimum absolute atomic E-state index is 0.0798. The molecule has 0 bridgehead atoms. The van der Waals surface area contributed by atoms with Crippen LogP contribution in [0.25, 0.3) is 0 Å². The van der Waals surface area contributed by atoms with Crippen LogP contribution >= 0.6 is 0 Å². The summed E-state index contributed by atoms with van der Waals surface area (Å²) in [5.41, 5.74) is 5.84. The average molecular weight is 200 g/mol. The lowest BCUT2D eigenvalue weighted by Gasteiger charge is -2.28. The number of hydrogen-bond acceptors (Lipinski definition) is 2. The molecule has 14 heavy (non-hydrogen) atoms. The van der Waals surface area contributed by atoms with E-state index in [1.165, 1.54) is 0 Å². The molecule has 1 amide bonds. The summed E-state index contributed by atoms with van der Waals surface area (Å²) in [6, 6.07) is -0.0944. The Labute approximate surface area is 87.6 Å². The van der Waals surface area contributed by atoms with Crippen molar-refractivity contribution < 1.29 is 4.79 Å². The second-order valence-corrected chi connectivity index (χ2v) is 4.45. The summed E-state index contributed by atoms with van der Waals surface area (Å²) in [6.07, 6.45) is 0.766. The number of nitrogens with zero attached hydrogens (tertiary/aromatic N) is 1. The van der Waals surface area contributed by atoms with Crippen LogP contribution in [0.3, 0.4) is 0 Å². The number of carbonyl (C=O) groups excluding carboxylic acids is 1. The average Bonchev–Trinajstić information content (AvgIpc) is 2.03. The molecule has 0 fully saturated rings. The molecule has 3 nitrogen and oxygen atoms in total. The minimum atomic E-state index is -0.336. The fourth-order valence-electron chi connectivity index (χ4n) is 1.60. The van der Waals surface area contributed by atoms with Crippen molar-refractivity contribution in [2.24, 2.45) is 11.7 Å². The maximum absolute atomic E-state index is 11.9. The Morgan fingerprint density at radius 1 is 1.29 bits per heavy atom. The number of hydrogen-bond donors (Lipinski definition) is 1. The standard InChI is InChI=1S/C11H24N2O/c1-6-13(9(4)5)11(14)10(12)7-8(2)3/h8-10H,6-7,12H2,1-5H3/t10-/m1/s1. The van der Waals surface area contributed by atoms with E-state index in [0.29, 0.717) is 5.92 Å². The van der Waals surface area contributed by atoms with Gasteiger partial charge in [-0.15, -0.1) is 0 Å². The van der Waals surface area contributed by atoms with Crippen molar-refractivity contribution in [3.05, 3.63) is 0 Å². The molecule has 0 spiro atoms. The third kappa shape index (κ3) is 4.09. The zero-order valence-electron chi connectivity index (χ0n) is 10.1. The summed E-state index contributed by atoms with van der Waals surface area (Å²) in [4.78, 5) is 13.7. The molecule has 0 saturated heterocycles.